The van der Waals surface area contributed by atoms with Crippen molar-refractivity contribution in [1.29, 1.82) is 0 Å². The zero-order valence-electron chi connectivity index (χ0n) is 12.3. The number of Topliss-reactive ketones (excluding diaryl/α,β-unsaturated/α-hetero) is 1. The second kappa shape index (κ2) is 4.08. The van der Waals surface area contributed by atoms with Crippen LogP contribution in [0.1, 0.15) is 72.1 Å². The molecule has 0 aromatic rings. The van der Waals surface area contributed by atoms with E-state index in [2.05, 4.69) is 20.8 Å². The molecule has 1 nitrogen and oxygen atoms in total. The highest BCUT2D eigenvalue weighted by Crippen LogP contribution is 2.63. The maximum absolute atomic E-state index is 12.2. The summed E-state index contributed by atoms with van der Waals surface area (Å²) in [4.78, 5) is 12.2. The number of rotatable bonds is 0. The lowest BCUT2D eigenvalue weighted by molar-refractivity contribution is -0.145. The molecule has 0 saturated heterocycles. The number of carbonyl (C=O) groups is 1. The molecule has 0 heterocycles. The van der Waals surface area contributed by atoms with Gasteiger partial charge >= 0.3 is 0 Å². The highest BCUT2D eigenvalue weighted by molar-refractivity contribution is 5.82. The molecule has 0 aromatic heterocycles. The quantitative estimate of drug-likeness (QED) is 0.612. The Bertz CT molecular complexity index is 357. The summed E-state index contributed by atoms with van der Waals surface area (Å²) < 4.78 is 0. The fraction of sp³-hybridized carbons (Fsp3) is 0.941. The van der Waals surface area contributed by atoms with E-state index < -0.39 is 0 Å². The Hall–Kier alpha value is -0.330. The largest absolute Gasteiger partial charge is 0.299 e. The van der Waals surface area contributed by atoms with Crippen molar-refractivity contribution in [3.05, 3.63) is 0 Å². The molecule has 0 bridgehead atoms. The Morgan fingerprint density at radius 3 is 2.56 bits per heavy atom. The number of hydrogen-bond donors (Lipinski definition) is 0. The lowest BCUT2D eigenvalue weighted by Crippen LogP contribution is -2.53. The van der Waals surface area contributed by atoms with Crippen molar-refractivity contribution in [2.24, 2.45) is 28.6 Å². The van der Waals surface area contributed by atoms with Gasteiger partial charge in [-0.25, -0.2) is 0 Å². The average molecular weight is 248 g/mol. The van der Waals surface area contributed by atoms with Gasteiger partial charge in [0.2, 0.25) is 0 Å². The van der Waals surface area contributed by atoms with Gasteiger partial charge in [-0.3, -0.25) is 4.79 Å². The maximum atomic E-state index is 12.2. The van der Waals surface area contributed by atoms with E-state index >= 15 is 0 Å². The van der Waals surface area contributed by atoms with Gasteiger partial charge in [0.1, 0.15) is 5.78 Å². The predicted octanol–water partition coefficient (Wildman–Crippen LogP) is 4.60. The normalized spacial score (nSPS) is 47.3. The SMILES string of the molecule is CC1(C)CCC[C@@]2(C)C1CC[C@@H]1C(=O)CCC[C@@H]12. The van der Waals surface area contributed by atoms with Crippen molar-refractivity contribution in [2.75, 3.05) is 0 Å². The number of ketones is 1. The summed E-state index contributed by atoms with van der Waals surface area (Å²) in [5.74, 6) is 2.58. The van der Waals surface area contributed by atoms with Crippen LogP contribution in [0.4, 0.5) is 0 Å². The molecule has 102 valence electrons. The van der Waals surface area contributed by atoms with Gasteiger partial charge in [0.25, 0.3) is 0 Å². The molecule has 3 saturated carbocycles. The van der Waals surface area contributed by atoms with E-state index in [1.54, 1.807) is 0 Å². The van der Waals surface area contributed by atoms with Gasteiger partial charge in [0.05, 0.1) is 0 Å². The summed E-state index contributed by atoms with van der Waals surface area (Å²) in [6.07, 6.45) is 9.96. The molecular formula is C17H28O. The first-order chi connectivity index (χ1) is 8.45. The zero-order valence-corrected chi connectivity index (χ0v) is 12.3. The van der Waals surface area contributed by atoms with Crippen LogP contribution in [0.25, 0.3) is 0 Å². The van der Waals surface area contributed by atoms with Crippen molar-refractivity contribution in [3.8, 4) is 0 Å². The zero-order chi connectivity index (χ0) is 13.0. The molecule has 0 radical (unpaired) electrons. The molecule has 4 atom stereocenters. The van der Waals surface area contributed by atoms with Crippen LogP contribution in [0.15, 0.2) is 0 Å². The lowest BCUT2D eigenvalue weighted by atomic mass is 9.44. The summed E-state index contributed by atoms with van der Waals surface area (Å²) >= 11 is 0. The fourth-order valence-corrected chi connectivity index (χ4v) is 5.94. The van der Waals surface area contributed by atoms with Gasteiger partial charge in [-0.05, 0) is 61.2 Å². The molecular weight excluding hydrogens is 220 g/mol. The lowest BCUT2D eigenvalue weighted by Gasteiger charge is -2.60. The van der Waals surface area contributed by atoms with Crippen molar-refractivity contribution in [2.45, 2.75) is 72.1 Å². The van der Waals surface area contributed by atoms with E-state index in [0.29, 0.717) is 28.4 Å². The van der Waals surface area contributed by atoms with E-state index in [4.69, 9.17) is 0 Å². The van der Waals surface area contributed by atoms with E-state index in [1.807, 2.05) is 0 Å². The minimum absolute atomic E-state index is 0.425. The third-order valence-corrected chi connectivity index (χ3v) is 6.73. The Labute approximate surface area is 112 Å². The number of fused-ring (bicyclic) bond motifs is 3. The summed E-state index contributed by atoms with van der Waals surface area (Å²) in [7, 11) is 0. The van der Waals surface area contributed by atoms with E-state index in [1.165, 1.54) is 38.5 Å². The van der Waals surface area contributed by atoms with Gasteiger partial charge in [-0.15, -0.1) is 0 Å². The molecule has 3 aliphatic carbocycles. The van der Waals surface area contributed by atoms with Crippen LogP contribution in [-0.4, -0.2) is 5.78 Å². The average Bonchev–Trinajstić information content (AvgIpc) is 2.29. The Kier molecular flexibility index (Phi) is 2.88. The van der Waals surface area contributed by atoms with Gasteiger partial charge < -0.3 is 0 Å². The van der Waals surface area contributed by atoms with Gasteiger partial charge in [-0.1, -0.05) is 27.2 Å². The predicted molar refractivity (Wildman–Crippen MR) is 74.3 cm³/mol. The van der Waals surface area contributed by atoms with Crippen LogP contribution >= 0.6 is 0 Å². The minimum Gasteiger partial charge on any atom is -0.299 e. The molecule has 0 N–H and O–H groups in total. The van der Waals surface area contributed by atoms with Crippen LogP contribution in [0, 0.1) is 28.6 Å². The molecule has 18 heavy (non-hydrogen) atoms. The van der Waals surface area contributed by atoms with E-state index in [-0.39, 0.29) is 0 Å². The first-order valence-electron chi connectivity index (χ1n) is 7.98. The molecule has 3 rings (SSSR count). The van der Waals surface area contributed by atoms with Crippen LogP contribution in [0.5, 0.6) is 0 Å². The van der Waals surface area contributed by atoms with Crippen LogP contribution in [0.3, 0.4) is 0 Å². The fourth-order valence-electron chi connectivity index (χ4n) is 5.94. The summed E-state index contributed by atoms with van der Waals surface area (Å²) in [6.45, 7) is 7.47. The van der Waals surface area contributed by atoms with Crippen LogP contribution in [0.2, 0.25) is 0 Å². The third kappa shape index (κ3) is 1.69. The molecule has 0 spiro atoms. The number of hydrogen-bond acceptors (Lipinski definition) is 1. The van der Waals surface area contributed by atoms with Crippen LogP contribution < -0.4 is 0 Å². The van der Waals surface area contributed by atoms with Crippen molar-refractivity contribution >= 4 is 5.78 Å². The third-order valence-electron chi connectivity index (χ3n) is 6.73. The minimum atomic E-state index is 0.425. The molecule has 1 unspecified atom stereocenters. The standard InChI is InChI=1S/C17H28O/c1-16(2)10-5-11-17(3)13-6-4-7-14(18)12(13)8-9-15(16)17/h12-13,15H,4-11H2,1-3H3/t12-,13-,15?,17+/m0/s1. The van der Waals surface area contributed by atoms with E-state index in [9.17, 15) is 4.79 Å². The summed E-state index contributed by atoms with van der Waals surface area (Å²) in [6, 6.07) is 0. The summed E-state index contributed by atoms with van der Waals surface area (Å²) in [5, 5.41) is 0. The monoisotopic (exact) mass is 248 g/mol. The number of carbonyl (C=O) groups excluding carboxylic acids is 1. The topological polar surface area (TPSA) is 17.1 Å². The molecule has 0 aliphatic heterocycles. The van der Waals surface area contributed by atoms with Crippen molar-refractivity contribution in [3.63, 3.8) is 0 Å². The Morgan fingerprint density at radius 2 is 1.78 bits per heavy atom. The molecule has 3 aliphatic rings. The first-order valence-corrected chi connectivity index (χ1v) is 7.98. The Morgan fingerprint density at radius 1 is 1.00 bits per heavy atom. The highest BCUT2D eigenvalue weighted by atomic mass is 16.1. The first kappa shape index (κ1) is 12.7. The summed E-state index contributed by atoms with van der Waals surface area (Å²) in [5.41, 5.74) is 0.958. The smallest absolute Gasteiger partial charge is 0.136 e. The molecule has 0 aromatic carbocycles. The highest BCUT2D eigenvalue weighted by Gasteiger charge is 2.56. The second-order valence-corrected chi connectivity index (χ2v) is 8.05. The molecule has 0 amide bonds. The van der Waals surface area contributed by atoms with Gasteiger partial charge in [0.15, 0.2) is 0 Å². The van der Waals surface area contributed by atoms with Crippen LogP contribution in [-0.2, 0) is 4.79 Å². The van der Waals surface area contributed by atoms with Crippen molar-refractivity contribution in [1.82, 2.24) is 0 Å². The van der Waals surface area contributed by atoms with Gasteiger partial charge in [0, 0.05) is 12.3 Å². The molecule has 3 fully saturated rings. The maximum Gasteiger partial charge on any atom is 0.136 e. The Balaban J connectivity index is 1.94. The van der Waals surface area contributed by atoms with E-state index in [0.717, 1.165) is 18.8 Å². The van der Waals surface area contributed by atoms with Crippen molar-refractivity contribution < 1.29 is 4.79 Å². The molecule has 1 heteroatoms. The second-order valence-electron chi connectivity index (χ2n) is 8.05. The van der Waals surface area contributed by atoms with Gasteiger partial charge in [-0.2, -0.15) is 0 Å².